The van der Waals surface area contributed by atoms with Crippen LogP contribution in [0.15, 0.2) is 53.7 Å². The molecule has 0 radical (unpaired) electrons. The summed E-state index contributed by atoms with van der Waals surface area (Å²) in [4.78, 5) is 18.9. The van der Waals surface area contributed by atoms with Crippen LogP contribution in [0.5, 0.6) is 0 Å². The normalized spacial score (nSPS) is 13.4. The lowest BCUT2D eigenvalue weighted by molar-refractivity contribution is -0.127. The van der Waals surface area contributed by atoms with E-state index in [1.165, 1.54) is 11.8 Å². The highest BCUT2D eigenvalue weighted by atomic mass is 35.5. The minimum Gasteiger partial charge on any atom is -0.378 e. The number of thioether (sulfide) groups is 1. The topological polar surface area (TPSA) is 57.5 Å². The summed E-state index contributed by atoms with van der Waals surface area (Å²) in [7, 11) is 5.86. The lowest BCUT2D eigenvalue weighted by Gasteiger charge is -2.19. The maximum Gasteiger partial charge on any atom is 0.233 e. The van der Waals surface area contributed by atoms with Gasteiger partial charge < -0.3 is 14.7 Å². The van der Waals surface area contributed by atoms with Crippen LogP contribution in [0.2, 0.25) is 5.02 Å². The fourth-order valence-electron chi connectivity index (χ4n) is 3.82. The molecule has 1 aromatic heterocycles. The number of hydrogen-bond acceptors (Lipinski definition) is 6. The first-order valence-corrected chi connectivity index (χ1v) is 12.4. The number of nitrogens with zero attached hydrogens (tertiary/aromatic N) is 6. The van der Waals surface area contributed by atoms with E-state index in [2.05, 4.69) is 44.3 Å². The molecule has 4 rings (SSSR count). The second-order valence-electron chi connectivity index (χ2n) is 8.39. The molecule has 1 aliphatic rings. The molecule has 3 aromatic rings. The first-order chi connectivity index (χ1) is 15.9. The molecular formula is C24H29ClN6OS. The number of carbonyl (C=O) groups is 1. The van der Waals surface area contributed by atoms with Crippen molar-refractivity contribution in [2.45, 2.75) is 24.5 Å². The second-order valence-corrected chi connectivity index (χ2v) is 9.77. The average molecular weight is 485 g/mol. The molecule has 1 fully saturated rings. The number of amides is 1. The number of benzene rings is 2. The van der Waals surface area contributed by atoms with Crippen molar-refractivity contribution >= 4 is 40.9 Å². The van der Waals surface area contributed by atoms with Crippen LogP contribution in [-0.4, -0.2) is 65.6 Å². The monoisotopic (exact) mass is 484 g/mol. The highest BCUT2D eigenvalue weighted by Crippen LogP contribution is 2.29. The molecule has 0 atom stereocenters. The van der Waals surface area contributed by atoms with Crippen LogP contribution in [0.3, 0.4) is 0 Å². The molecule has 9 heteroatoms. The van der Waals surface area contributed by atoms with Crippen LogP contribution in [0, 0.1) is 0 Å². The Bertz CT molecular complexity index is 1090. The quantitative estimate of drug-likeness (QED) is 0.443. The number of aromatic nitrogens is 3. The smallest absolute Gasteiger partial charge is 0.233 e. The van der Waals surface area contributed by atoms with Gasteiger partial charge in [-0.05, 0) is 48.7 Å². The summed E-state index contributed by atoms with van der Waals surface area (Å²) in [6.45, 7) is 2.47. The Balaban J connectivity index is 1.46. The van der Waals surface area contributed by atoms with E-state index in [0.29, 0.717) is 16.7 Å². The minimum atomic E-state index is 0.0417. The van der Waals surface area contributed by atoms with E-state index in [1.54, 1.807) is 4.90 Å². The molecule has 0 bridgehead atoms. The van der Waals surface area contributed by atoms with E-state index in [0.717, 1.165) is 48.8 Å². The van der Waals surface area contributed by atoms with Crippen LogP contribution in [0.25, 0.3) is 5.69 Å². The van der Waals surface area contributed by atoms with Crippen molar-refractivity contribution in [2.75, 3.05) is 49.8 Å². The highest BCUT2D eigenvalue weighted by molar-refractivity contribution is 7.99. The lowest BCUT2D eigenvalue weighted by atomic mass is 10.2. The summed E-state index contributed by atoms with van der Waals surface area (Å²) in [5.74, 6) is 1.13. The number of anilines is 2. The molecule has 33 heavy (non-hydrogen) atoms. The van der Waals surface area contributed by atoms with Gasteiger partial charge in [-0.2, -0.15) is 0 Å². The van der Waals surface area contributed by atoms with Gasteiger partial charge in [0.25, 0.3) is 0 Å². The van der Waals surface area contributed by atoms with Gasteiger partial charge in [0, 0.05) is 51.5 Å². The Morgan fingerprint density at radius 2 is 1.79 bits per heavy atom. The fourth-order valence-corrected chi connectivity index (χ4v) is 4.89. The van der Waals surface area contributed by atoms with E-state index >= 15 is 0 Å². The van der Waals surface area contributed by atoms with Gasteiger partial charge in [0.05, 0.1) is 11.4 Å². The lowest BCUT2D eigenvalue weighted by Crippen LogP contribution is -2.28. The zero-order chi connectivity index (χ0) is 23.4. The van der Waals surface area contributed by atoms with Gasteiger partial charge in [-0.1, -0.05) is 41.6 Å². The second kappa shape index (κ2) is 10.5. The summed E-state index contributed by atoms with van der Waals surface area (Å²) >= 11 is 7.66. The summed E-state index contributed by atoms with van der Waals surface area (Å²) < 4.78 is 2.01. The molecule has 174 valence electrons. The SMILES string of the molecule is CN(Cc1ccc(N(C)C)cc1)C(=O)CSc1nnc(N2CCCC2)n1-c1cccc(Cl)c1. The molecule has 1 amide bonds. The van der Waals surface area contributed by atoms with Gasteiger partial charge in [-0.3, -0.25) is 9.36 Å². The highest BCUT2D eigenvalue weighted by Gasteiger charge is 2.23. The zero-order valence-corrected chi connectivity index (χ0v) is 20.8. The summed E-state index contributed by atoms with van der Waals surface area (Å²) in [6, 6.07) is 15.9. The third-order valence-electron chi connectivity index (χ3n) is 5.69. The van der Waals surface area contributed by atoms with Crippen LogP contribution in [0.1, 0.15) is 18.4 Å². The largest absolute Gasteiger partial charge is 0.378 e. The third kappa shape index (κ3) is 5.62. The van der Waals surface area contributed by atoms with Crippen molar-refractivity contribution in [2.24, 2.45) is 0 Å². The molecule has 2 aromatic carbocycles. The van der Waals surface area contributed by atoms with Crippen LogP contribution in [0.4, 0.5) is 11.6 Å². The number of carbonyl (C=O) groups excluding carboxylic acids is 1. The molecule has 1 aliphatic heterocycles. The van der Waals surface area contributed by atoms with Crippen molar-refractivity contribution < 1.29 is 4.79 Å². The van der Waals surface area contributed by atoms with Crippen molar-refractivity contribution in [3.63, 3.8) is 0 Å². The molecule has 0 saturated carbocycles. The van der Waals surface area contributed by atoms with Crippen LogP contribution >= 0.6 is 23.4 Å². The van der Waals surface area contributed by atoms with Gasteiger partial charge in [-0.25, -0.2) is 0 Å². The summed E-state index contributed by atoms with van der Waals surface area (Å²) in [5.41, 5.74) is 3.14. The van der Waals surface area contributed by atoms with E-state index in [4.69, 9.17) is 11.6 Å². The van der Waals surface area contributed by atoms with Gasteiger partial charge in [0.2, 0.25) is 11.9 Å². The molecule has 0 spiro atoms. The average Bonchev–Trinajstić information content (AvgIpc) is 3.47. The van der Waals surface area contributed by atoms with Gasteiger partial charge in [-0.15, -0.1) is 10.2 Å². The minimum absolute atomic E-state index is 0.0417. The van der Waals surface area contributed by atoms with Crippen molar-refractivity contribution in [3.05, 3.63) is 59.1 Å². The Labute approximate surface area is 204 Å². The first kappa shape index (κ1) is 23.4. The Kier molecular flexibility index (Phi) is 7.45. The predicted molar refractivity (Wildman–Crippen MR) is 136 cm³/mol. The molecular weight excluding hydrogens is 456 g/mol. The summed E-state index contributed by atoms with van der Waals surface area (Å²) in [6.07, 6.45) is 2.29. The van der Waals surface area contributed by atoms with Crippen molar-refractivity contribution in [1.82, 2.24) is 19.7 Å². The van der Waals surface area contributed by atoms with E-state index in [-0.39, 0.29) is 11.7 Å². The number of hydrogen-bond donors (Lipinski definition) is 0. The third-order valence-corrected chi connectivity index (χ3v) is 6.84. The summed E-state index contributed by atoms with van der Waals surface area (Å²) in [5, 5.41) is 10.2. The fraction of sp³-hybridized carbons (Fsp3) is 0.375. The Hall–Kier alpha value is -2.71. The zero-order valence-electron chi connectivity index (χ0n) is 19.2. The number of halogens is 1. The molecule has 0 aliphatic carbocycles. The van der Waals surface area contributed by atoms with E-state index < -0.39 is 0 Å². The van der Waals surface area contributed by atoms with Crippen LogP contribution < -0.4 is 9.80 Å². The van der Waals surface area contributed by atoms with E-state index in [9.17, 15) is 4.79 Å². The predicted octanol–water partition coefficient (Wildman–Crippen LogP) is 4.34. The first-order valence-electron chi connectivity index (χ1n) is 11.0. The Morgan fingerprint density at radius 3 is 2.45 bits per heavy atom. The molecule has 7 nitrogen and oxygen atoms in total. The molecule has 0 N–H and O–H groups in total. The molecule has 0 unspecified atom stereocenters. The van der Waals surface area contributed by atoms with Crippen LogP contribution in [-0.2, 0) is 11.3 Å². The molecule has 2 heterocycles. The standard InChI is InChI=1S/C24H29ClN6OS/c1-28(2)20-11-9-18(10-12-20)16-29(3)22(32)17-33-24-27-26-23(30-13-4-5-14-30)31(24)21-8-6-7-19(25)15-21/h6-12,15H,4-5,13-14,16-17H2,1-3H3. The molecule has 1 saturated heterocycles. The van der Waals surface area contributed by atoms with Gasteiger partial charge in [0.1, 0.15) is 0 Å². The maximum absolute atomic E-state index is 12.9. The van der Waals surface area contributed by atoms with Gasteiger partial charge >= 0.3 is 0 Å². The van der Waals surface area contributed by atoms with Crippen molar-refractivity contribution in [1.29, 1.82) is 0 Å². The maximum atomic E-state index is 12.9. The number of rotatable bonds is 8. The van der Waals surface area contributed by atoms with E-state index in [1.807, 2.05) is 50.0 Å². The van der Waals surface area contributed by atoms with Crippen molar-refractivity contribution in [3.8, 4) is 5.69 Å². The Morgan fingerprint density at radius 1 is 1.06 bits per heavy atom. The van der Waals surface area contributed by atoms with Gasteiger partial charge in [0.15, 0.2) is 5.16 Å².